The lowest BCUT2D eigenvalue weighted by Gasteiger charge is -2.27. The van der Waals surface area contributed by atoms with E-state index in [0.29, 0.717) is 6.61 Å². The molecular formula is C16H20O8S. The lowest BCUT2D eigenvalue weighted by atomic mass is 10.1. The molecule has 0 N–H and O–H groups in total. The third kappa shape index (κ3) is 3.59. The van der Waals surface area contributed by atoms with Crippen molar-refractivity contribution in [1.82, 2.24) is 0 Å². The monoisotopic (exact) mass is 372 g/mol. The molecule has 25 heavy (non-hydrogen) atoms. The molecule has 1 aromatic carbocycles. The van der Waals surface area contributed by atoms with Gasteiger partial charge in [0.15, 0.2) is 12.1 Å². The van der Waals surface area contributed by atoms with Crippen LogP contribution in [-0.4, -0.2) is 51.5 Å². The van der Waals surface area contributed by atoms with Gasteiger partial charge in [-0.15, -0.1) is 0 Å². The largest absolute Gasteiger partial charge is 0.400 e. The van der Waals surface area contributed by atoms with Gasteiger partial charge >= 0.3 is 10.4 Å². The van der Waals surface area contributed by atoms with Gasteiger partial charge in [-0.1, -0.05) is 30.3 Å². The van der Waals surface area contributed by atoms with Crippen molar-refractivity contribution in [2.75, 3.05) is 6.61 Å². The van der Waals surface area contributed by atoms with Crippen LogP contribution in [0.2, 0.25) is 0 Å². The predicted octanol–water partition coefficient (Wildman–Crippen LogP) is 1.11. The maximum atomic E-state index is 11.4. The van der Waals surface area contributed by atoms with Crippen molar-refractivity contribution >= 4 is 10.4 Å². The molecular weight excluding hydrogens is 352 g/mol. The van der Waals surface area contributed by atoms with Gasteiger partial charge in [0, 0.05) is 0 Å². The lowest BCUT2D eigenvalue weighted by molar-refractivity contribution is -0.227. The fourth-order valence-corrected chi connectivity index (χ4v) is 4.09. The minimum atomic E-state index is -3.99. The molecule has 0 unspecified atom stereocenters. The topological polar surface area (TPSA) is 89.5 Å². The molecule has 4 rings (SSSR count). The maximum absolute atomic E-state index is 11.4. The normalized spacial score (nSPS) is 38.7. The van der Waals surface area contributed by atoms with Gasteiger partial charge in [0.1, 0.15) is 24.4 Å². The highest BCUT2D eigenvalue weighted by Crippen LogP contribution is 2.41. The molecule has 0 aromatic heterocycles. The zero-order valence-corrected chi connectivity index (χ0v) is 14.7. The van der Waals surface area contributed by atoms with Crippen molar-refractivity contribution < 1.29 is 35.7 Å². The molecule has 5 atom stereocenters. The lowest BCUT2D eigenvalue weighted by Crippen LogP contribution is -2.43. The Labute approximate surface area is 146 Å². The van der Waals surface area contributed by atoms with Gasteiger partial charge < -0.3 is 18.9 Å². The number of ether oxygens (including phenoxy) is 4. The SMILES string of the molecule is CC1(C)O[C@H]2O[C@@H]([C@@H]3COS(=O)(=O)O3)[C@H](OCc3ccccc3)[C@H]2O1. The van der Waals surface area contributed by atoms with Crippen LogP contribution in [0, 0.1) is 0 Å². The quantitative estimate of drug-likeness (QED) is 0.776. The summed E-state index contributed by atoms with van der Waals surface area (Å²) < 4.78 is 56.0. The molecule has 3 aliphatic rings. The third-order valence-corrected chi connectivity index (χ3v) is 5.20. The molecule has 3 saturated heterocycles. The average Bonchev–Trinajstić information content (AvgIpc) is 3.15. The Morgan fingerprint density at radius 3 is 2.60 bits per heavy atom. The van der Waals surface area contributed by atoms with Crippen molar-refractivity contribution in [3.63, 3.8) is 0 Å². The summed E-state index contributed by atoms with van der Waals surface area (Å²) in [6, 6.07) is 9.65. The first-order valence-electron chi connectivity index (χ1n) is 8.07. The summed E-state index contributed by atoms with van der Waals surface area (Å²) >= 11 is 0. The van der Waals surface area contributed by atoms with E-state index in [-0.39, 0.29) is 6.61 Å². The van der Waals surface area contributed by atoms with Crippen molar-refractivity contribution in [2.24, 2.45) is 0 Å². The minimum Gasteiger partial charge on any atom is -0.368 e. The Morgan fingerprint density at radius 1 is 1.16 bits per heavy atom. The van der Waals surface area contributed by atoms with Crippen molar-refractivity contribution in [2.45, 2.75) is 56.9 Å². The van der Waals surface area contributed by atoms with E-state index < -0.39 is 46.9 Å². The van der Waals surface area contributed by atoms with Crippen LogP contribution in [0.3, 0.4) is 0 Å². The van der Waals surface area contributed by atoms with E-state index in [9.17, 15) is 8.42 Å². The first-order valence-corrected chi connectivity index (χ1v) is 9.41. The summed E-state index contributed by atoms with van der Waals surface area (Å²) in [5.74, 6) is -0.798. The summed E-state index contributed by atoms with van der Waals surface area (Å²) in [7, 11) is -3.99. The van der Waals surface area contributed by atoms with Gasteiger partial charge in [-0.25, -0.2) is 8.37 Å². The number of hydrogen-bond donors (Lipinski definition) is 0. The van der Waals surface area contributed by atoms with E-state index in [2.05, 4.69) is 4.18 Å². The van der Waals surface area contributed by atoms with Gasteiger partial charge in [-0.05, 0) is 19.4 Å². The molecule has 9 heteroatoms. The summed E-state index contributed by atoms with van der Waals surface area (Å²) in [4.78, 5) is 0. The Morgan fingerprint density at radius 2 is 1.92 bits per heavy atom. The zero-order valence-electron chi connectivity index (χ0n) is 13.9. The molecule has 0 radical (unpaired) electrons. The Kier molecular flexibility index (Phi) is 4.35. The van der Waals surface area contributed by atoms with Crippen molar-refractivity contribution in [3.05, 3.63) is 35.9 Å². The third-order valence-electron chi connectivity index (χ3n) is 4.30. The van der Waals surface area contributed by atoms with E-state index >= 15 is 0 Å². The van der Waals surface area contributed by atoms with Crippen LogP contribution in [0.1, 0.15) is 19.4 Å². The molecule has 0 amide bonds. The molecule has 3 heterocycles. The molecule has 138 valence electrons. The van der Waals surface area contributed by atoms with Crippen LogP contribution in [0.25, 0.3) is 0 Å². The number of hydrogen-bond acceptors (Lipinski definition) is 8. The number of benzene rings is 1. The van der Waals surface area contributed by atoms with Gasteiger partial charge in [0.2, 0.25) is 0 Å². The van der Waals surface area contributed by atoms with Crippen LogP contribution in [0.15, 0.2) is 30.3 Å². The van der Waals surface area contributed by atoms with E-state index in [1.54, 1.807) is 13.8 Å². The number of fused-ring (bicyclic) bond motifs is 1. The van der Waals surface area contributed by atoms with Gasteiger partial charge in [-0.3, -0.25) is 0 Å². The van der Waals surface area contributed by atoms with E-state index in [1.807, 2.05) is 30.3 Å². The van der Waals surface area contributed by atoms with Crippen LogP contribution in [0.5, 0.6) is 0 Å². The van der Waals surface area contributed by atoms with Crippen LogP contribution in [0.4, 0.5) is 0 Å². The zero-order chi connectivity index (χ0) is 17.7. The molecule has 0 aliphatic carbocycles. The van der Waals surface area contributed by atoms with Crippen molar-refractivity contribution in [1.29, 1.82) is 0 Å². The molecule has 1 aromatic rings. The van der Waals surface area contributed by atoms with Crippen LogP contribution < -0.4 is 0 Å². The summed E-state index contributed by atoms with van der Waals surface area (Å²) in [6.45, 7) is 3.79. The van der Waals surface area contributed by atoms with Crippen molar-refractivity contribution in [3.8, 4) is 0 Å². The molecule has 3 aliphatic heterocycles. The van der Waals surface area contributed by atoms with Crippen LogP contribution >= 0.6 is 0 Å². The summed E-state index contributed by atoms with van der Waals surface area (Å²) in [5.41, 5.74) is 0.985. The van der Waals surface area contributed by atoms with E-state index in [1.165, 1.54) is 0 Å². The molecule has 0 saturated carbocycles. The highest BCUT2D eigenvalue weighted by Gasteiger charge is 2.59. The highest BCUT2D eigenvalue weighted by molar-refractivity contribution is 7.82. The van der Waals surface area contributed by atoms with Gasteiger partial charge in [0.05, 0.1) is 13.2 Å². The molecule has 0 bridgehead atoms. The molecule has 3 fully saturated rings. The Hall–Kier alpha value is -1.07. The first kappa shape index (κ1) is 17.3. The molecule has 8 nitrogen and oxygen atoms in total. The Bertz CT molecular complexity index is 719. The first-order chi connectivity index (χ1) is 11.8. The maximum Gasteiger partial charge on any atom is 0.400 e. The summed E-state index contributed by atoms with van der Waals surface area (Å²) in [6.07, 6.45) is -3.14. The fourth-order valence-electron chi connectivity index (χ4n) is 3.27. The standard InChI is InChI=1S/C16H20O8S/c1-16(2)22-14-13(19-8-10-6-4-3-5-7-10)12(21-15(14)23-16)11-9-20-25(17,18)24-11/h3-7,11-15H,8-9H2,1-2H3/t11-,12-,13-,14+,15+/m0/s1. The fraction of sp³-hybridized carbons (Fsp3) is 0.625. The minimum absolute atomic E-state index is 0.124. The predicted molar refractivity (Wildman–Crippen MR) is 83.5 cm³/mol. The van der Waals surface area contributed by atoms with E-state index in [4.69, 9.17) is 23.1 Å². The highest BCUT2D eigenvalue weighted by atomic mass is 32.3. The second kappa shape index (κ2) is 6.27. The van der Waals surface area contributed by atoms with E-state index in [0.717, 1.165) is 5.56 Å². The van der Waals surface area contributed by atoms with Gasteiger partial charge in [-0.2, -0.15) is 8.42 Å². The molecule has 0 spiro atoms. The second-order valence-corrected chi connectivity index (χ2v) is 7.90. The second-order valence-electron chi connectivity index (χ2n) is 6.66. The van der Waals surface area contributed by atoms with Gasteiger partial charge in [0.25, 0.3) is 0 Å². The Balaban J connectivity index is 1.52. The average molecular weight is 372 g/mol. The number of rotatable bonds is 4. The smallest absolute Gasteiger partial charge is 0.368 e. The summed E-state index contributed by atoms with van der Waals surface area (Å²) in [5, 5.41) is 0. The van der Waals surface area contributed by atoms with Crippen LogP contribution in [-0.2, 0) is 44.3 Å².